The molecule has 0 atom stereocenters. The van der Waals surface area contributed by atoms with Crippen LogP contribution in [0.5, 0.6) is 0 Å². The van der Waals surface area contributed by atoms with Crippen molar-refractivity contribution in [1.29, 1.82) is 0 Å². The molecular weight excluding hydrogens is 268 g/mol. The number of thiophene rings is 1. The maximum Gasteiger partial charge on any atom is 0.256 e. The Morgan fingerprint density at radius 2 is 2.15 bits per heavy atom. The van der Waals surface area contributed by atoms with E-state index >= 15 is 0 Å². The van der Waals surface area contributed by atoms with E-state index in [1.807, 2.05) is 55.4 Å². The largest absolute Gasteiger partial charge is 0.387 e. The number of hydrogen-bond donors (Lipinski definition) is 1. The minimum Gasteiger partial charge on any atom is -0.387 e. The second-order valence-corrected chi connectivity index (χ2v) is 5.73. The van der Waals surface area contributed by atoms with Gasteiger partial charge in [0.05, 0.1) is 12.1 Å². The van der Waals surface area contributed by atoms with Gasteiger partial charge in [0.25, 0.3) is 5.91 Å². The molecule has 20 heavy (non-hydrogen) atoms. The van der Waals surface area contributed by atoms with Crippen LogP contribution in [0.25, 0.3) is 0 Å². The van der Waals surface area contributed by atoms with Crippen LogP contribution in [0.4, 0.5) is 5.69 Å². The molecule has 0 spiro atoms. The summed E-state index contributed by atoms with van der Waals surface area (Å²) in [4.78, 5) is 15.8. The topological polar surface area (TPSA) is 32.3 Å². The molecule has 0 bridgehead atoms. The van der Waals surface area contributed by atoms with Crippen LogP contribution in [0.3, 0.4) is 0 Å². The number of rotatable bonds is 5. The lowest BCUT2D eigenvalue weighted by molar-refractivity contribution is 0.0755. The Hall–Kier alpha value is -1.81. The lowest BCUT2D eigenvalue weighted by Crippen LogP contribution is -2.30. The van der Waals surface area contributed by atoms with Gasteiger partial charge >= 0.3 is 0 Å². The Morgan fingerprint density at radius 3 is 2.75 bits per heavy atom. The molecule has 0 radical (unpaired) electrons. The van der Waals surface area contributed by atoms with Gasteiger partial charge in [-0.3, -0.25) is 4.79 Å². The summed E-state index contributed by atoms with van der Waals surface area (Å²) in [6.45, 7) is 5.41. The summed E-state index contributed by atoms with van der Waals surface area (Å²) < 4.78 is 0. The zero-order valence-corrected chi connectivity index (χ0v) is 13.0. The van der Waals surface area contributed by atoms with Crippen molar-refractivity contribution in [3.05, 3.63) is 51.7 Å². The van der Waals surface area contributed by atoms with Gasteiger partial charge < -0.3 is 10.2 Å². The van der Waals surface area contributed by atoms with E-state index in [2.05, 4.69) is 11.4 Å². The summed E-state index contributed by atoms with van der Waals surface area (Å²) in [7, 11) is 1.85. The molecule has 0 saturated carbocycles. The Bertz CT molecular complexity index is 578. The average Bonchev–Trinajstić information content (AvgIpc) is 2.96. The molecule has 3 nitrogen and oxygen atoms in total. The van der Waals surface area contributed by atoms with E-state index in [-0.39, 0.29) is 5.91 Å². The fourth-order valence-electron chi connectivity index (χ4n) is 2.14. The number of nitrogens with one attached hydrogen (secondary N) is 1. The fourth-order valence-corrected chi connectivity index (χ4v) is 2.86. The Kier molecular flexibility index (Phi) is 4.79. The lowest BCUT2D eigenvalue weighted by Gasteiger charge is -2.22. The van der Waals surface area contributed by atoms with Gasteiger partial charge in [-0.05, 0) is 43.0 Å². The highest BCUT2D eigenvalue weighted by Gasteiger charge is 2.18. The van der Waals surface area contributed by atoms with Crippen molar-refractivity contribution in [3.8, 4) is 0 Å². The molecule has 106 valence electrons. The van der Waals surface area contributed by atoms with Gasteiger partial charge in [-0.2, -0.15) is 0 Å². The molecule has 0 aliphatic heterocycles. The smallest absolute Gasteiger partial charge is 0.256 e. The number of anilines is 1. The number of carbonyl (C=O) groups excluding carboxylic acids is 1. The zero-order valence-electron chi connectivity index (χ0n) is 12.1. The van der Waals surface area contributed by atoms with E-state index in [1.165, 1.54) is 4.88 Å². The number of carbonyl (C=O) groups is 1. The molecule has 1 heterocycles. The summed E-state index contributed by atoms with van der Waals surface area (Å²) in [5.74, 6) is 0.0743. The standard InChI is InChI=1S/C16H20N2OS/c1-4-18(11-13-6-5-9-20-13)16(19)14-8-7-12(2)10-15(14)17-3/h5-10,17H,4,11H2,1-3H3. The van der Waals surface area contributed by atoms with Gasteiger partial charge in [-0.25, -0.2) is 0 Å². The maximum absolute atomic E-state index is 12.7. The minimum atomic E-state index is 0.0743. The second kappa shape index (κ2) is 6.57. The van der Waals surface area contributed by atoms with Crippen LogP contribution in [0, 0.1) is 6.92 Å². The molecule has 1 N–H and O–H groups in total. The van der Waals surface area contributed by atoms with Gasteiger partial charge in [0.1, 0.15) is 0 Å². The Labute approximate surface area is 124 Å². The number of nitrogens with zero attached hydrogens (tertiary/aromatic N) is 1. The van der Waals surface area contributed by atoms with Crippen LogP contribution in [0.15, 0.2) is 35.7 Å². The summed E-state index contributed by atoms with van der Waals surface area (Å²) >= 11 is 1.68. The van der Waals surface area contributed by atoms with Crippen molar-refractivity contribution in [1.82, 2.24) is 4.90 Å². The molecule has 0 unspecified atom stereocenters. The first-order valence-corrected chi connectivity index (χ1v) is 7.63. The van der Waals surface area contributed by atoms with Crippen molar-refractivity contribution in [2.45, 2.75) is 20.4 Å². The third kappa shape index (κ3) is 3.20. The predicted molar refractivity (Wildman–Crippen MR) is 85.5 cm³/mol. The van der Waals surface area contributed by atoms with Gasteiger partial charge in [-0.15, -0.1) is 11.3 Å². The van der Waals surface area contributed by atoms with Crippen LogP contribution in [0.2, 0.25) is 0 Å². The van der Waals surface area contributed by atoms with Crippen LogP contribution < -0.4 is 5.32 Å². The van der Waals surface area contributed by atoms with Gasteiger partial charge in [0.2, 0.25) is 0 Å². The number of hydrogen-bond acceptors (Lipinski definition) is 3. The fraction of sp³-hybridized carbons (Fsp3) is 0.312. The highest BCUT2D eigenvalue weighted by molar-refractivity contribution is 7.09. The van der Waals surface area contributed by atoms with E-state index in [0.717, 1.165) is 16.8 Å². The van der Waals surface area contributed by atoms with Crippen molar-refractivity contribution in [3.63, 3.8) is 0 Å². The van der Waals surface area contributed by atoms with Crippen molar-refractivity contribution < 1.29 is 4.79 Å². The molecular formula is C16H20N2OS. The SMILES string of the molecule is CCN(Cc1cccs1)C(=O)c1ccc(C)cc1NC. The number of aryl methyl sites for hydroxylation is 1. The monoisotopic (exact) mass is 288 g/mol. The first kappa shape index (κ1) is 14.6. The maximum atomic E-state index is 12.7. The van der Waals surface area contributed by atoms with E-state index in [4.69, 9.17) is 0 Å². The quantitative estimate of drug-likeness (QED) is 0.908. The summed E-state index contributed by atoms with van der Waals surface area (Å²) in [6, 6.07) is 9.97. The predicted octanol–water partition coefficient (Wildman–Crippen LogP) is 3.76. The molecule has 0 saturated heterocycles. The van der Waals surface area contributed by atoms with E-state index in [9.17, 15) is 4.79 Å². The second-order valence-electron chi connectivity index (χ2n) is 4.70. The van der Waals surface area contributed by atoms with Crippen molar-refractivity contribution >= 4 is 22.9 Å². The molecule has 0 fully saturated rings. The summed E-state index contributed by atoms with van der Waals surface area (Å²) in [6.07, 6.45) is 0. The van der Waals surface area contributed by atoms with Gasteiger partial charge in [0, 0.05) is 24.2 Å². The highest BCUT2D eigenvalue weighted by atomic mass is 32.1. The Balaban J connectivity index is 2.24. The molecule has 2 rings (SSSR count). The van der Waals surface area contributed by atoms with Crippen LogP contribution in [-0.4, -0.2) is 24.4 Å². The summed E-state index contributed by atoms with van der Waals surface area (Å²) in [5.41, 5.74) is 2.77. The molecule has 2 aromatic rings. The number of benzene rings is 1. The average molecular weight is 288 g/mol. The third-order valence-corrected chi connectivity index (χ3v) is 4.13. The van der Waals surface area contributed by atoms with Gasteiger partial charge in [-0.1, -0.05) is 12.1 Å². The Morgan fingerprint density at radius 1 is 1.35 bits per heavy atom. The molecule has 0 aliphatic rings. The van der Waals surface area contributed by atoms with Gasteiger partial charge in [0.15, 0.2) is 0 Å². The van der Waals surface area contributed by atoms with Crippen molar-refractivity contribution in [2.24, 2.45) is 0 Å². The van der Waals surface area contributed by atoms with Crippen LogP contribution in [-0.2, 0) is 6.54 Å². The number of amides is 1. The van der Waals surface area contributed by atoms with E-state index in [0.29, 0.717) is 13.1 Å². The van der Waals surface area contributed by atoms with Crippen LogP contribution >= 0.6 is 11.3 Å². The zero-order chi connectivity index (χ0) is 14.5. The molecule has 0 aliphatic carbocycles. The van der Waals surface area contributed by atoms with E-state index < -0.39 is 0 Å². The molecule has 1 aromatic carbocycles. The first-order chi connectivity index (χ1) is 9.65. The first-order valence-electron chi connectivity index (χ1n) is 6.75. The third-order valence-electron chi connectivity index (χ3n) is 3.27. The molecule has 1 amide bonds. The van der Waals surface area contributed by atoms with E-state index in [1.54, 1.807) is 11.3 Å². The highest BCUT2D eigenvalue weighted by Crippen LogP contribution is 2.21. The molecule has 1 aromatic heterocycles. The molecule has 4 heteroatoms. The minimum absolute atomic E-state index is 0.0743. The van der Waals surface area contributed by atoms with Crippen LogP contribution in [0.1, 0.15) is 27.7 Å². The van der Waals surface area contributed by atoms with Crippen molar-refractivity contribution in [2.75, 3.05) is 18.9 Å². The normalized spacial score (nSPS) is 10.3. The summed E-state index contributed by atoms with van der Waals surface area (Å²) in [5, 5.41) is 5.15. The lowest BCUT2D eigenvalue weighted by atomic mass is 10.1.